The summed E-state index contributed by atoms with van der Waals surface area (Å²) in [6.45, 7) is 2.30. The van der Waals surface area contributed by atoms with Crippen LogP contribution in [0.3, 0.4) is 0 Å². The van der Waals surface area contributed by atoms with E-state index in [1.165, 1.54) is 0 Å². The van der Waals surface area contributed by atoms with Gasteiger partial charge in [-0.25, -0.2) is 6.42 Å². The van der Waals surface area contributed by atoms with E-state index in [-0.39, 0.29) is 32.7 Å². The standard InChI is InChI=1S/C9H23N2.Y/c1-10(2,3)8-7-9-11(4,5)6;/h7H,8-9H2,1-6H3;/q+1;. The second kappa shape index (κ2) is 5.69. The Morgan fingerprint density at radius 1 is 0.750 bits per heavy atom. The molecule has 0 bridgehead atoms. The largest absolute Gasteiger partial charge is 0.356 e. The van der Waals surface area contributed by atoms with E-state index in [1.807, 2.05) is 0 Å². The summed E-state index contributed by atoms with van der Waals surface area (Å²) in [5.41, 5.74) is 0. The second-order valence-corrected chi connectivity index (χ2v) is 5.23. The average molecular weight is 248 g/mol. The van der Waals surface area contributed by atoms with E-state index >= 15 is 0 Å². The van der Waals surface area contributed by atoms with Crippen molar-refractivity contribution in [2.24, 2.45) is 0 Å². The molecule has 0 aliphatic carbocycles. The van der Waals surface area contributed by atoms with Crippen molar-refractivity contribution in [2.75, 3.05) is 55.4 Å². The molecule has 0 saturated carbocycles. The Kier molecular flexibility index (Phi) is 7.35. The van der Waals surface area contributed by atoms with Gasteiger partial charge in [0.05, 0.1) is 42.3 Å². The van der Waals surface area contributed by atoms with Gasteiger partial charge in [-0.05, 0) is 13.1 Å². The normalized spacial score (nSPS) is 12.5. The van der Waals surface area contributed by atoms with Crippen molar-refractivity contribution in [3.8, 4) is 0 Å². The zero-order valence-corrected chi connectivity index (χ0v) is 12.3. The van der Waals surface area contributed by atoms with Gasteiger partial charge in [0.25, 0.3) is 0 Å². The third-order valence-corrected chi connectivity index (χ3v) is 1.35. The summed E-state index contributed by atoms with van der Waals surface area (Å²) in [6.07, 6.45) is 2.36. The summed E-state index contributed by atoms with van der Waals surface area (Å²) in [7, 11) is 13.3. The van der Waals surface area contributed by atoms with Gasteiger partial charge in [0.15, 0.2) is 0 Å². The first kappa shape index (κ1) is 15.5. The first-order valence-electron chi connectivity index (χ1n) is 4.13. The fourth-order valence-electron chi connectivity index (χ4n) is 0.832. The van der Waals surface area contributed by atoms with Crippen LogP contribution in [0.1, 0.15) is 0 Å². The van der Waals surface area contributed by atoms with Gasteiger partial charge in [-0.2, -0.15) is 0 Å². The smallest absolute Gasteiger partial charge is 0.0657 e. The topological polar surface area (TPSA) is 0 Å². The molecule has 0 aromatic carbocycles. The summed E-state index contributed by atoms with van der Waals surface area (Å²) in [5.74, 6) is 0. The SMILES string of the molecule is C[N+](C)(C)C[CH-]C[N+](C)(C)C.[Y]. The maximum atomic E-state index is 2.36. The van der Waals surface area contributed by atoms with E-state index in [0.717, 1.165) is 22.1 Å². The van der Waals surface area contributed by atoms with Crippen LogP contribution in [0.25, 0.3) is 0 Å². The van der Waals surface area contributed by atoms with Crippen molar-refractivity contribution in [2.45, 2.75) is 0 Å². The summed E-state index contributed by atoms with van der Waals surface area (Å²) in [4.78, 5) is 0. The summed E-state index contributed by atoms with van der Waals surface area (Å²) in [6, 6.07) is 0. The van der Waals surface area contributed by atoms with E-state index < -0.39 is 0 Å². The third-order valence-electron chi connectivity index (χ3n) is 1.35. The van der Waals surface area contributed by atoms with Crippen LogP contribution < -0.4 is 0 Å². The second-order valence-electron chi connectivity index (χ2n) is 5.23. The van der Waals surface area contributed by atoms with Crippen molar-refractivity contribution < 1.29 is 41.7 Å². The van der Waals surface area contributed by atoms with Gasteiger partial charge in [-0.3, -0.25) is 0 Å². The molecule has 0 aromatic heterocycles. The average Bonchev–Trinajstić information content (AvgIpc) is 1.55. The van der Waals surface area contributed by atoms with Crippen LogP contribution in [0, 0.1) is 6.42 Å². The molecule has 0 heterocycles. The van der Waals surface area contributed by atoms with E-state index in [2.05, 4.69) is 48.7 Å². The fraction of sp³-hybridized carbons (Fsp3) is 0.889. The summed E-state index contributed by atoms with van der Waals surface area (Å²) in [5, 5.41) is 0. The molecule has 3 heteroatoms. The first-order chi connectivity index (χ1) is 4.71. The molecule has 0 fully saturated rings. The molecule has 0 amide bonds. The van der Waals surface area contributed by atoms with E-state index in [4.69, 9.17) is 0 Å². The number of nitrogens with zero attached hydrogens (tertiary/aromatic N) is 2. The number of hydrogen-bond donors (Lipinski definition) is 0. The molecule has 1 radical (unpaired) electrons. The monoisotopic (exact) mass is 248 g/mol. The van der Waals surface area contributed by atoms with Crippen molar-refractivity contribution in [1.29, 1.82) is 0 Å². The molecule has 0 aromatic rings. The predicted octanol–water partition coefficient (Wildman–Crippen LogP) is 0.601. The molecule has 0 aliphatic rings. The van der Waals surface area contributed by atoms with Gasteiger partial charge in [0, 0.05) is 32.7 Å². The Balaban J connectivity index is 0. The third kappa shape index (κ3) is 13.6. The van der Waals surface area contributed by atoms with Crippen LogP contribution in [0.15, 0.2) is 0 Å². The molecule has 0 unspecified atom stereocenters. The van der Waals surface area contributed by atoms with Crippen LogP contribution in [0.2, 0.25) is 0 Å². The van der Waals surface area contributed by atoms with Crippen LogP contribution >= 0.6 is 0 Å². The Labute approximate surface area is 103 Å². The molecule has 0 saturated heterocycles. The Morgan fingerprint density at radius 2 is 1.00 bits per heavy atom. The zero-order valence-electron chi connectivity index (χ0n) is 9.46. The molecule has 0 spiro atoms. The van der Waals surface area contributed by atoms with Gasteiger partial charge >= 0.3 is 0 Å². The van der Waals surface area contributed by atoms with Crippen LogP contribution in [0.5, 0.6) is 0 Å². The molecule has 2 nitrogen and oxygen atoms in total. The summed E-state index contributed by atoms with van der Waals surface area (Å²) >= 11 is 0. The fourth-order valence-corrected chi connectivity index (χ4v) is 0.832. The van der Waals surface area contributed by atoms with Crippen LogP contribution in [0.4, 0.5) is 0 Å². The van der Waals surface area contributed by atoms with E-state index in [0.29, 0.717) is 0 Å². The molecule has 0 N–H and O–H groups in total. The van der Waals surface area contributed by atoms with Crippen LogP contribution in [-0.4, -0.2) is 64.3 Å². The molecule has 71 valence electrons. The minimum absolute atomic E-state index is 0. The maximum Gasteiger partial charge on any atom is 0.0657 e. The number of quaternary nitrogens is 2. The Morgan fingerprint density at radius 3 is 1.17 bits per heavy atom. The first-order valence-corrected chi connectivity index (χ1v) is 4.13. The Bertz CT molecular complexity index is 96.7. The van der Waals surface area contributed by atoms with E-state index in [1.54, 1.807) is 0 Å². The Hall–Kier alpha value is 1.02. The maximum absolute atomic E-state index is 2.36. The molecule has 0 atom stereocenters. The van der Waals surface area contributed by atoms with Gasteiger partial charge in [0.2, 0.25) is 0 Å². The molecule has 0 rings (SSSR count). The van der Waals surface area contributed by atoms with Gasteiger partial charge in [0.1, 0.15) is 0 Å². The minimum Gasteiger partial charge on any atom is -0.356 e. The molecular weight excluding hydrogens is 225 g/mol. The van der Waals surface area contributed by atoms with E-state index in [9.17, 15) is 0 Å². The quantitative estimate of drug-likeness (QED) is 0.505. The molecule has 12 heavy (non-hydrogen) atoms. The molecular formula is C9H23N2Y+. The van der Waals surface area contributed by atoms with Crippen molar-refractivity contribution >= 4 is 0 Å². The minimum atomic E-state index is 0. The van der Waals surface area contributed by atoms with Crippen molar-refractivity contribution in [3.63, 3.8) is 0 Å². The van der Waals surface area contributed by atoms with Crippen LogP contribution in [-0.2, 0) is 32.7 Å². The number of hydrogen-bond acceptors (Lipinski definition) is 0. The van der Waals surface area contributed by atoms with Crippen molar-refractivity contribution in [3.05, 3.63) is 6.42 Å². The zero-order chi connectivity index (χ0) is 9.12. The summed E-state index contributed by atoms with van der Waals surface area (Å²) < 4.78 is 2.06. The predicted molar refractivity (Wildman–Crippen MR) is 50.1 cm³/mol. The number of rotatable bonds is 4. The van der Waals surface area contributed by atoms with Gasteiger partial charge in [-0.1, -0.05) is 0 Å². The molecule has 0 aliphatic heterocycles. The van der Waals surface area contributed by atoms with Gasteiger partial charge < -0.3 is 8.97 Å². The van der Waals surface area contributed by atoms with Crippen molar-refractivity contribution in [1.82, 2.24) is 0 Å². The van der Waals surface area contributed by atoms with Gasteiger partial charge in [-0.15, -0.1) is 0 Å².